The molecule has 21 heavy (non-hydrogen) atoms. The first-order chi connectivity index (χ1) is 9.87. The summed E-state index contributed by atoms with van der Waals surface area (Å²) >= 11 is 4.88. The van der Waals surface area contributed by atoms with E-state index in [4.69, 9.17) is 18.0 Å². The van der Waals surface area contributed by atoms with Gasteiger partial charge in [0.05, 0.1) is 17.9 Å². The highest BCUT2D eigenvalue weighted by atomic mass is 32.2. The van der Waals surface area contributed by atoms with Gasteiger partial charge in [-0.2, -0.15) is 0 Å². The molecule has 1 aliphatic rings. The fourth-order valence-corrected chi connectivity index (χ4v) is 3.67. The van der Waals surface area contributed by atoms with Crippen LogP contribution in [0.3, 0.4) is 0 Å². The first-order valence-corrected chi connectivity index (χ1v) is 8.97. The van der Waals surface area contributed by atoms with E-state index in [9.17, 15) is 13.2 Å². The summed E-state index contributed by atoms with van der Waals surface area (Å²) in [7, 11) is -3.00. The maximum absolute atomic E-state index is 12.2. The molecule has 1 aliphatic heterocycles. The third-order valence-electron chi connectivity index (χ3n) is 3.50. The summed E-state index contributed by atoms with van der Waals surface area (Å²) in [6.45, 7) is 0.787. The van der Waals surface area contributed by atoms with E-state index in [2.05, 4.69) is 0 Å². The molecule has 7 heteroatoms. The van der Waals surface area contributed by atoms with Crippen LogP contribution in [0, 0.1) is 0 Å². The van der Waals surface area contributed by atoms with Crippen molar-refractivity contribution in [3.05, 3.63) is 35.4 Å². The number of sulfone groups is 1. The molecule has 5 nitrogen and oxygen atoms in total. The summed E-state index contributed by atoms with van der Waals surface area (Å²) < 4.78 is 23.1. The van der Waals surface area contributed by atoms with Crippen LogP contribution in [-0.4, -0.2) is 48.8 Å². The molecule has 0 unspecified atom stereocenters. The Hall–Kier alpha value is -1.47. The van der Waals surface area contributed by atoms with Crippen LogP contribution < -0.4 is 5.73 Å². The molecule has 0 spiro atoms. The van der Waals surface area contributed by atoms with E-state index in [0.717, 1.165) is 11.1 Å². The number of rotatable bonds is 3. The zero-order valence-electron chi connectivity index (χ0n) is 11.6. The Balaban J connectivity index is 1.99. The summed E-state index contributed by atoms with van der Waals surface area (Å²) in [5.74, 6) is 0.175. The Morgan fingerprint density at radius 3 is 2.48 bits per heavy atom. The van der Waals surface area contributed by atoms with Crippen molar-refractivity contribution in [2.45, 2.75) is 12.8 Å². The van der Waals surface area contributed by atoms with E-state index in [1.165, 1.54) is 0 Å². The second-order valence-corrected chi connectivity index (χ2v) is 7.87. The fourth-order valence-electron chi connectivity index (χ4n) is 2.26. The molecular formula is C14H18N2O3S2. The van der Waals surface area contributed by atoms with E-state index in [-0.39, 0.29) is 30.4 Å². The molecule has 0 radical (unpaired) electrons. The Kier molecular flexibility index (Phi) is 4.95. The van der Waals surface area contributed by atoms with Crippen molar-refractivity contribution in [1.82, 2.24) is 4.90 Å². The minimum Gasteiger partial charge on any atom is -0.389 e. The summed E-state index contributed by atoms with van der Waals surface area (Å²) in [6, 6.07) is 7.22. The lowest BCUT2D eigenvalue weighted by atomic mass is 10.1. The molecule has 0 saturated carbocycles. The third kappa shape index (κ3) is 4.50. The number of nitrogens with two attached hydrogens (primary N) is 1. The van der Waals surface area contributed by atoms with Crippen LogP contribution in [0.1, 0.15) is 17.5 Å². The number of hydrogen-bond donors (Lipinski definition) is 1. The molecule has 2 N–H and O–H groups in total. The first-order valence-electron chi connectivity index (χ1n) is 6.74. The van der Waals surface area contributed by atoms with Gasteiger partial charge in [-0.1, -0.05) is 36.5 Å². The molecule has 1 amide bonds. The minimum absolute atomic E-state index is 0.0461. The van der Waals surface area contributed by atoms with Crippen molar-refractivity contribution in [2.75, 3.05) is 24.6 Å². The van der Waals surface area contributed by atoms with Crippen molar-refractivity contribution in [1.29, 1.82) is 0 Å². The Labute approximate surface area is 130 Å². The zero-order valence-corrected chi connectivity index (χ0v) is 13.3. The van der Waals surface area contributed by atoms with Gasteiger partial charge in [-0.25, -0.2) is 8.42 Å². The van der Waals surface area contributed by atoms with E-state index in [0.29, 0.717) is 18.0 Å². The van der Waals surface area contributed by atoms with Crippen molar-refractivity contribution in [3.63, 3.8) is 0 Å². The SMILES string of the molecule is NC(=S)c1ccc(CC(=O)N2CCCS(=O)(=O)CC2)cc1. The van der Waals surface area contributed by atoms with Gasteiger partial charge in [-0.15, -0.1) is 0 Å². The number of carbonyl (C=O) groups is 1. The standard InChI is InChI=1S/C14H18N2O3S2/c15-14(20)12-4-2-11(3-5-12)10-13(17)16-6-1-8-21(18,19)9-7-16/h2-5H,1,6-10H2,(H2,15,20). The zero-order chi connectivity index (χ0) is 15.5. The predicted octanol–water partition coefficient (Wildman–Crippen LogP) is 0.510. The lowest BCUT2D eigenvalue weighted by Gasteiger charge is -2.19. The van der Waals surface area contributed by atoms with Gasteiger partial charge in [0.25, 0.3) is 0 Å². The van der Waals surface area contributed by atoms with Crippen LogP contribution in [0.25, 0.3) is 0 Å². The molecule has 114 valence electrons. The van der Waals surface area contributed by atoms with E-state index in [1.807, 2.05) is 12.1 Å². The molecule has 1 heterocycles. The van der Waals surface area contributed by atoms with Gasteiger partial charge in [-0.3, -0.25) is 4.79 Å². The first kappa shape index (κ1) is 15.9. The lowest BCUT2D eigenvalue weighted by Crippen LogP contribution is -2.34. The van der Waals surface area contributed by atoms with Gasteiger partial charge in [0.1, 0.15) is 4.99 Å². The van der Waals surface area contributed by atoms with E-state index < -0.39 is 9.84 Å². The molecule has 2 rings (SSSR count). The highest BCUT2D eigenvalue weighted by Crippen LogP contribution is 2.10. The molecule has 0 bridgehead atoms. The molecule has 0 aromatic heterocycles. The van der Waals surface area contributed by atoms with Crippen molar-refractivity contribution < 1.29 is 13.2 Å². The maximum Gasteiger partial charge on any atom is 0.227 e. The molecule has 1 saturated heterocycles. The highest BCUT2D eigenvalue weighted by molar-refractivity contribution is 7.91. The molecule has 1 aromatic rings. The predicted molar refractivity (Wildman–Crippen MR) is 85.9 cm³/mol. The molecule has 0 aliphatic carbocycles. The van der Waals surface area contributed by atoms with Gasteiger partial charge in [0.15, 0.2) is 9.84 Å². The van der Waals surface area contributed by atoms with Crippen LogP contribution >= 0.6 is 12.2 Å². The normalized spacial score (nSPS) is 18.0. The smallest absolute Gasteiger partial charge is 0.227 e. The van der Waals surface area contributed by atoms with E-state index in [1.54, 1.807) is 17.0 Å². The van der Waals surface area contributed by atoms with Crippen LogP contribution in [0.5, 0.6) is 0 Å². The van der Waals surface area contributed by atoms with Crippen LogP contribution in [-0.2, 0) is 21.1 Å². The number of hydrogen-bond acceptors (Lipinski definition) is 4. The Morgan fingerprint density at radius 2 is 1.86 bits per heavy atom. The topological polar surface area (TPSA) is 80.5 Å². The molecule has 1 aromatic carbocycles. The maximum atomic E-state index is 12.2. The highest BCUT2D eigenvalue weighted by Gasteiger charge is 2.22. The van der Waals surface area contributed by atoms with E-state index >= 15 is 0 Å². The molecule has 1 fully saturated rings. The summed E-state index contributed by atoms with van der Waals surface area (Å²) in [5.41, 5.74) is 7.16. The Morgan fingerprint density at radius 1 is 1.19 bits per heavy atom. The third-order valence-corrected chi connectivity index (χ3v) is 5.45. The van der Waals surface area contributed by atoms with Gasteiger partial charge in [0.2, 0.25) is 5.91 Å². The molecule has 0 atom stereocenters. The number of thiocarbonyl (C=S) groups is 1. The van der Waals surface area contributed by atoms with Crippen molar-refractivity contribution in [3.8, 4) is 0 Å². The number of carbonyl (C=O) groups excluding carboxylic acids is 1. The summed E-state index contributed by atoms with van der Waals surface area (Å²) in [6.07, 6.45) is 0.770. The van der Waals surface area contributed by atoms with Gasteiger partial charge >= 0.3 is 0 Å². The number of amides is 1. The minimum atomic E-state index is -3.00. The second kappa shape index (κ2) is 6.53. The van der Waals surface area contributed by atoms with Gasteiger partial charge < -0.3 is 10.6 Å². The average Bonchev–Trinajstić information content (AvgIpc) is 2.60. The van der Waals surface area contributed by atoms with Crippen LogP contribution in [0.2, 0.25) is 0 Å². The quantitative estimate of drug-likeness (QED) is 0.819. The van der Waals surface area contributed by atoms with Crippen molar-refractivity contribution in [2.24, 2.45) is 5.73 Å². The van der Waals surface area contributed by atoms with Crippen LogP contribution in [0.4, 0.5) is 0 Å². The second-order valence-electron chi connectivity index (χ2n) is 5.12. The monoisotopic (exact) mass is 326 g/mol. The Bertz CT molecular complexity index is 639. The summed E-state index contributed by atoms with van der Waals surface area (Å²) in [5, 5.41) is 0. The molecular weight excluding hydrogens is 308 g/mol. The van der Waals surface area contributed by atoms with Crippen LogP contribution in [0.15, 0.2) is 24.3 Å². The summed E-state index contributed by atoms with van der Waals surface area (Å²) in [4.78, 5) is 14.2. The fraction of sp³-hybridized carbons (Fsp3) is 0.429. The average molecular weight is 326 g/mol. The van der Waals surface area contributed by atoms with Gasteiger partial charge in [-0.05, 0) is 12.0 Å². The largest absolute Gasteiger partial charge is 0.389 e. The number of benzene rings is 1. The number of nitrogens with zero attached hydrogens (tertiary/aromatic N) is 1. The van der Waals surface area contributed by atoms with Crippen molar-refractivity contribution >= 4 is 33.0 Å². The lowest BCUT2D eigenvalue weighted by molar-refractivity contribution is -0.130. The van der Waals surface area contributed by atoms with Gasteiger partial charge in [0, 0.05) is 18.7 Å².